The molecule has 13 N–H and O–H groups in total. The van der Waals surface area contributed by atoms with Crippen molar-refractivity contribution in [2.75, 3.05) is 39.6 Å². The number of hydrogen-bond donors (Lipinski definition) is 13. The fraction of sp³-hybridized carbons (Fsp3) is 0.800. The van der Waals surface area contributed by atoms with Gasteiger partial charge in [-0.05, 0) is 0 Å². The number of carbonyl (C=O) groups is 3. The Morgan fingerprint density at radius 2 is 0.742 bits per heavy atom. The second-order valence-corrected chi connectivity index (χ2v) is 5.53. The Morgan fingerprint density at radius 1 is 0.548 bits per heavy atom. The zero-order valence-corrected chi connectivity index (χ0v) is 16.4. The van der Waals surface area contributed by atoms with Crippen molar-refractivity contribution in [1.29, 1.82) is 0 Å². The lowest BCUT2D eigenvalue weighted by molar-refractivity contribution is -0.170. The molecule has 0 fully saturated rings. The number of aliphatic hydroxyl groups is 10. The summed E-state index contributed by atoms with van der Waals surface area (Å²) in [4.78, 5) is 30.5. The highest BCUT2D eigenvalue weighted by Gasteiger charge is 2.40. The van der Waals surface area contributed by atoms with Crippen LogP contribution >= 0.6 is 0 Å². The average molecular weight is 468 g/mol. The largest absolute Gasteiger partial charge is 0.481 e. The van der Waals surface area contributed by atoms with Gasteiger partial charge in [0.25, 0.3) is 0 Å². The molecule has 0 rings (SSSR count). The monoisotopic (exact) mass is 468 g/mol. The van der Waals surface area contributed by atoms with E-state index in [1.54, 1.807) is 0 Å². The van der Waals surface area contributed by atoms with Gasteiger partial charge in [0.15, 0.2) is 5.60 Å². The summed E-state index contributed by atoms with van der Waals surface area (Å²) in [6.07, 6.45) is -5.15. The van der Waals surface area contributed by atoms with Crippen molar-refractivity contribution in [3.8, 4) is 0 Å². The second-order valence-electron chi connectivity index (χ2n) is 5.53. The number of rotatable bonds is 11. The highest BCUT2D eigenvalue weighted by atomic mass is 16.4. The van der Waals surface area contributed by atoms with Gasteiger partial charge in [-0.25, -0.2) is 4.79 Å². The molecule has 0 aliphatic rings. The van der Waals surface area contributed by atoms with Crippen LogP contribution in [-0.2, 0) is 14.4 Å². The maximum Gasteiger partial charge on any atom is 0.336 e. The lowest BCUT2D eigenvalue weighted by atomic mass is 9.96. The zero-order chi connectivity index (χ0) is 25.6. The number of carboxylic acid groups (broad SMARTS) is 3. The molecule has 0 amide bonds. The smallest absolute Gasteiger partial charge is 0.336 e. The van der Waals surface area contributed by atoms with Crippen LogP contribution < -0.4 is 0 Å². The van der Waals surface area contributed by atoms with E-state index in [0.29, 0.717) is 0 Å². The second kappa shape index (κ2) is 22.7. The molecule has 0 aromatic rings. The minimum atomic E-state index is -2.74. The number of hydrogen-bond acceptors (Lipinski definition) is 13. The zero-order valence-electron chi connectivity index (χ0n) is 16.4. The molecule has 16 nitrogen and oxygen atoms in total. The summed E-state index contributed by atoms with van der Waals surface area (Å²) in [7, 11) is 0. The van der Waals surface area contributed by atoms with Gasteiger partial charge in [0, 0.05) is 0 Å². The molecule has 0 heterocycles. The standard InChI is InChI=1S/C6H8O7.3C3H8O3/c7-3(8)1-6(13,5(11)12)2-4(9)10;3*4-1-3(6)2-5/h13H,1-2H2,(H,7,8)(H,9,10)(H,11,12);3*3-6H,1-2H2. The molecule has 0 saturated carbocycles. The molecular weight excluding hydrogens is 436 g/mol. The Morgan fingerprint density at radius 3 is 0.806 bits per heavy atom. The SMILES string of the molecule is O=C(O)CC(O)(CC(=O)O)C(=O)O.OCC(O)CO.OCC(O)CO.OCC(O)CO. The van der Waals surface area contributed by atoms with Crippen molar-refractivity contribution in [2.45, 2.75) is 36.8 Å². The van der Waals surface area contributed by atoms with Gasteiger partial charge in [-0.15, -0.1) is 0 Å². The number of aliphatic carboxylic acids is 3. The van der Waals surface area contributed by atoms with Gasteiger partial charge in [-0.1, -0.05) is 0 Å². The van der Waals surface area contributed by atoms with Crippen molar-refractivity contribution < 1.29 is 80.8 Å². The summed E-state index contributed by atoms with van der Waals surface area (Å²) in [5, 5.41) is 106. The molecule has 31 heavy (non-hydrogen) atoms. The van der Waals surface area contributed by atoms with Crippen molar-refractivity contribution >= 4 is 17.9 Å². The van der Waals surface area contributed by atoms with Crippen molar-refractivity contribution in [2.24, 2.45) is 0 Å². The topological polar surface area (TPSA) is 314 Å². The average Bonchev–Trinajstić information content (AvgIpc) is 2.71. The quantitative estimate of drug-likeness (QED) is 0.134. The highest BCUT2D eigenvalue weighted by Crippen LogP contribution is 2.15. The van der Waals surface area contributed by atoms with Crippen LogP contribution in [0.1, 0.15) is 12.8 Å². The fourth-order valence-electron chi connectivity index (χ4n) is 0.887. The van der Waals surface area contributed by atoms with Gasteiger partial charge in [0.2, 0.25) is 0 Å². The third-order valence-electron chi connectivity index (χ3n) is 2.55. The molecular formula is C15H32O16. The lowest BCUT2D eigenvalue weighted by Gasteiger charge is -2.18. The van der Waals surface area contributed by atoms with Crippen molar-refractivity contribution in [3.05, 3.63) is 0 Å². The summed E-state index contributed by atoms with van der Waals surface area (Å²) >= 11 is 0. The van der Waals surface area contributed by atoms with E-state index in [9.17, 15) is 14.4 Å². The van der Waals surface area contributed by atoms with Gasteiger partial charge in [-0.3, -0.25) is 9.59 Å². The van der Waals surface area contributed by atoms with Crippen LogP contribution in [0.2, 0.25) is 0 Å². The first-order chi connectivity index (χ1) is 14.2. The Kier molecular flexibility index (Phi) is 26.6. The minimum Gasteiger partial charge on any atom is -0.481 e. The van der Waals surface area contributed by atoms with Crippen LogP contribution in [0.4, 0.5) is 0 Å². The Hall–Kier alpha value is -1.99. The van der Waals surface area contributed by atoms with E-state index < -0.39 is 54.7 Å². The summed E-state index contributed by atoms with van der Waals surface area (Å²) in [5.41, 5.74) is -2.74. The molecule has 0 saturated heterocycles. The van der Waals surface area contributed by atoms with E-state index in [4.69, 9.17) is 66.4 Å². The Labute approximate surface area is 176 Å². The van der Waals surface area contributed by atoms with E-state index in [0.717, 1.165) is 0 Å². The molecule has 0 radical (unpaired) electrons. The highest BCUT2D eigenvalue weighted by molar-refractivity contribution is 5.88. The lowest BCUT2D eigenvalue weighted by Crippen LogP contribution is -2.42. The minimum absolute atomic E-state index is 0.365. The Bertz CT molecular complexity index is 405. The maximum absolute atomic E-state index is 10.3. The summed E-state index contributed by atoms with van der Waals surface area (Å²) in [6.45, 7) is -2.19. The summed E-state index contributed by atoms with van der Waals surface area (Å²) in [5.74, 6) is -5.02. The van der Waals surface area contributed by atoms with Crippen molar-refractivity contribution in [1.82, 2.24) is 0 Å². The first-order valence-electron chi connectivity index (χ1n) is 8.29. The summed E-state index contributed by atoms with van der Waals surface area (Å²) < 4.78 is 0. The van der Waals surface area contributed by atoms with E-state index in [1.807, 2.05) is 0 Å². The first-order valence-corrected chi connectivity index (χ1v) is 8.29. The van der Waals surface area contributed by atoms with Crippen LogP contribution in [0.5, 0.6) is 0 Å². The molecule has 16 heteroatoms. The predicted molar refractivity (Wildman–Crippen MR) is 97.6 cm³/mol. The predicted octanol–water partition coefficient (Wildman–Crippen LogP) is -6.25. The van der Waals surface area contributed by atoms with Gasteiger partial charge in [-0.2, -0.15) is 0 Å². The van der Waals surface area contributed by atoms with Crippen LogP contribution in [0.15, 0.2) is 0 Å². The van der Waals surface area contributed by atoms with E-state index in [2.05, 4.69) is 0 Å². The van der Waals surface area contributed by atoms with Gasteiger partial charge >= 0.3 is 17.9 Å². The van der Waals surface area contributed by atoms with Crippen LogP contribution in [-0.4, -0.2) is 148 Å². The van der Waals surface area contributed by atoms with Crippen molar-refractivity contribution in [3.63, 3.8) is 0 Å². The molecule has 0 atom stereocenters. The molecule has 0 aliphatic carbocycles. The van der Waals surface area contributed by atoms with E-state index in [-0.39, 0.29) is 39.6 Å². The summed E-state index contributed by atoms with van der Waals surface area (Å²) in [6, 6.07) is 0. The number of aliphatic hydroxyl groups excluding tert-OH is 9. The van der Waals surface area contributed by atoms with Gasteiger partial charge in [0.05, 0.1) is 52.5 Å². The molecule has 0 unspecified atom stereocenters. The van der Waals surface area contributed by atoms with Crippen LogP contribution in [0.3, 0.4) is 0 Å². The molecule has 0 spiro atoms. The van der Waals surface area contributed by atoms with E-state index >= 15 is 0 Å². The molecule has 0 aliphatic heterocycles. The van der Waals surface area contributed by atoms with Gasteiger partial charge in [0.1, 0.15) is 18.3 Å². The number of carboxylic acids is 3. The molecule has 0 aromatic carbocycles. The fourth-order valence-corrected chi connectivity index (χ4v) is 0.887. The molecule has 0 bridgehead atoms. The molecule has 0 aromatic heterocycles. The maximum atomic E-state index is 10.3. The third kappa shape index (κ3) is 28.0. The third-order valence-corrected chi connectivity index (χ3v) is 2.55. The first kappa shape index (κ1) is 36.4. The van der Waals surface area contributed by atoms with Gasteiger partial charge < -0.3 is 66.4 Å². The van der Waals surface area contributed by atoms with Crippen LogP contribution in [0, 0.1) is 0 Å². The Balaban J connectivity index is -0.000000171. The molecule has 188 valence electrons. The normalized spacial score (nSPS) is 10.4. The van der Waals surface area contributed by atoms with E-state index in [1.165, 1.54) is 0 Å². The van der Waals surface area contributed by atoms with Crippen LogP contribution in [0.25, 0.3) is 0 Å².